The van der Waals surface area contributed by atoms with Gasteiger partial charge in [-0.05, 0) is 30.3 Å². The van der Waals surface area contributed by atoms with Gasteiger partial charge in [-0.15, -0.1) is 0 Å². The van der Waals surface area contributed by atoms with Crippen LogP contribution in [0.25, 0.3) is 0 Å². The predicted molar refractivity (Wildman–Crippen MR) is 91.4 cm³/mol. The van der Waals surface area contributed by atoms with Crippen LogP contribution in [-0.4, -0.2) is 25.5 Å². The molecule has 0 atom stereocenters. The maximum Gasteiger partial charge on any atom is 0.339 e. The van der Waals surface area contributed by atoms with Gasteiger partial charge in [-0.25, -0.2) is 4.79 Å². The first-order chi connectivity index (χ1) is 11.0. The topological polar surface area (TPSA) is 67.4 Å². The molecule has 0 aromatic heterocycles. The first-order valence-corrected chi connectivity index (χ1v) is 7.43. The van der Waals surface area contributed by atoms with E-state index in [9.17, 15) is 9.59 Å². The summed E-state index contributed by atoms with van der Waals surface area (Å²) in [5.74, 6) is -0.789. The Labute approximate surface area is 143 Å². The van der Waals surface area contributed by atoms with Gasteiger partial charge in [-0.3, -0.25) is 4.79 Å². The number of ether oxygens (including phenoxy) is 1. The highest BCUT2D eigenvalue weighted by Crippen LogP contribution is 2.25. The van der Waals surface area contributed by atoms with E-state index in [1.807, 2.05) is 0 Å². The fraction of sp³-hybridized carbons (Fsp3) is 0.125. The van der Waals surface area contributed by atoms with Crippen molar-refractivity contribution >= 4 is 46.5 Å². The minimum absolute atomic E-state index is 0.0348. The van der Waals surface area contributed by atoms with Crippen molar-refractivity contribution in [2.75, 3.05) is 24.3 Å². The summed E-state index contributed by atoms with van der Waals surface area (Å²) >= 11 is 11.8. The highest BCUT2D eigenvalue weighted by molar-refractivity contribution is 6.36. The molecule has 2 N–H and O–H groups in total. The largest absolute Gasteiger partial charge is 0.465 e. The van der Waals surface area contributed by atoms with Crippen molar-refractivity contribution in [3.8, 4) is 0 Å². The van der Waals surface area contributed by atoms with Crippen LogP contribution < -0.4 is 10.6 Å². The van der Waals surface area contributed by atoms with Gasteiger partial charge < -0.3 is 15.4 Å². The van der Waals surface area contributed by atoms with Crippen LogP contribution in [0.1, 0.15) is 10.4 Å². The maximum atomic E-state index is 12.0. The molecule has 0 spiro atoms. The van der Waals surface area contributed by atoms with Crippen LogP contribution in [0.4, 0.5) is 11.4 Å². The van der Waals surface area contributed by atoms with E-state index in [1.165, 1.54) is 7.11 Å². The molecule has 2 rings (SSSR count). The Kier molecular flexibility index (Phi) is 5.84. The quantitative estimate of drug-likeness (QED) is 0.802. The third-order valence-corrected chi connectivity index (χ3v) is 3.52. The predicted octanol–water partition coefficient (Wildman–Crippen LogP) is 3.83. The molecule has 0 aliphatic carbocycles. The van der Waals surface area contributed by atoms with Crippen LogP contribution in [0.2, 0.25) is 10.0 Å². The number of halogens is 2. The second-order valence-electron chi connectivity index (χ2n) is 4.56. The van der Waals surface area contributed by atoms with Gasteiger partial charge >= 0.3 is 5.97 Å². The van der Waals surface area contributed by atoms with Crippen LogP contribution >= 0.6 is 23.2 Å². The number of carbonyl (C=O) groups is 2. The Bertz CT molecular complexity index is 735. The number of hydrogen-bond donors (Lipinski definition) is 2. The lowest BCUT2D eigenvalue weighted by atomic mass is 10.2. The molecule has 0 heterocycles. The zero-order valence-corrected chi connectivity index (χ0v) is 13.7. The van der Waals surface area contributed by atoms with E-state index in [0.717, 1.165) is 0 Å². The summed E-state index contributed by atoms with van der Waals surface area (Å²) in [4.78, 5) is 23.6. The zero-order chi connectivity index (χ0) is 16.8. The number of para-hydroxylation sites is 1. The van der Waals surface area contributed by atoms with Gasteiger partial charge in [0.25, 0.3) is 0 Å². The molecular weight excluding hydrogens is 339 g/mol. The van der Waals surface area contributed by atoms with Crippen molar-refractivity contribution in [2.24, 2.45) is 0 Å². The standard InChI is InChI=1S/C16H14Cl2N2O3/c1-23-16(22)11-4-2-3-5-13(11)19-9-15(21)20-14-7-6-10(17)8-12(14)18/h2-8,19H,9H2,1H3,(H,20,21). The van der Waals surface area contributed by atoms with Gasteiger partial charge in [0.1, 0.15) is 0 Å². The molecule has 0 radical (unpaired) electrons. The molecule has 0 saturated carbocycles. The summed E-state index contributed by atoms with van der Waals surface area (Å²) in [7, 11) is 1.30. The zero-order valence-electron chi connectivity index (χ0n) is 12.2. The molecule has 2 aromatic carbocycles. The second-order valence-corrected chi connectivity index (χ2v) is 5.41. The lowest BCUT2D eigenvalue weighted by Gasteiger charge is -2.11. The number of esters is 1. The van der Waals surface area contributed by atoms with Gasteiger partial charge in [0.05, 0.1) is 29.9 Å². The van der Waals surface area contributed by atoms with E-state index >= 15 is 0 Å². The lowest BCUT2D eigenvalue weighted by Crippen LogP contribution is -2.22. The van der Waals surface area contributed by atoms with Crippen molar-refractivity contribution in [3.63, 3.8) is 0 Å². The molecule has 7 heteroatoms. The summed E-state index contributed by atoms with van der Waals surface area (Å²) < 4.78 is 4.70. The SMILES string of the molecule is COC(=O)c1ccccc1NCC(=O)Nc1ccc(Cl)cc1Cl. The Morgan fingerprint density at radius 3 is 2.52 bits per heavy atom. The smallest absolute Gasteiger partial charge is 0.339 e. The minimum atomic E-state index is -0.478. The number of carbonyl (C=O) groups excluding carboxylic acids is 2. The summed E-state index contributed by atoms with van der Waals surface area (Å²) in [6, 6.07) is 11.6. The van der Waals surface area contributed by atoms with E-state index in [-0.39, 0.29) is 12.5 Å². The van der Waals surface area contributed by atoms with Gasteiger partial charge in [0.2, 0.25) is 5.91 Å². The Balaban J connectivity index is 2.01. The van der Waals surface area contributed by atoms with Crippen LogP contribution in [0.5, 0.6) is 0 Å². The summed E-state index contributed by atoms with van der Waals surface area (Å²) in [6.07, 6.45) is 0. The van der Waals surface area contributed by atoms with Crippen LogP contribution in [0.3, 0.4) is 0 Å². The monoisotopic (exact) mass is 352 g/mol. The van der Waals surface area contributed by atoms with E-state index in [4.69, 9.17) is 27.9 Å². The first-order valence-electron chi connectivity index (χ1n) is 6.67. The molecule has 0 bridgehead atoms. The molecule has 0 saturated heterocycles. The summed E-state index contributed by atoms with van der Waals surface area (Å²) in [5.41, 5.74) is 1.33. The highest BCUT2D eigenvalue weighted by atomic mass is 35.5. The van der Waals surface area contributed by atoms with E-state index in [1.54, 1.807) is 42.5 Å². The number of nitrogens with one attached hydrogen (secondary N) is 2. The van der Waals surface area contributed by atoms with E-state index in [2.05, 4.69) is 10.6 Å². The summed E-state index contributed by atoms with van der Waals surface area (Å²) in [6.45, 7) is -0.0348. The molecule has 0 fully saturated rings. The number of hydrogen-bond acceptors (Lipinski definition) is 4. The molecule has 5 nitrogen and oxygen atoms in total. The average molecular weight is 353 g/mol. The fourth-order valence-electron chi connectivity index (χ4n) is 1.89. The summed E-state index contributed by atoms with van der Waals surface area (Å²) in [5, 5.41) is 6.39. The molecular formula is C16H14Cl2N2O3. The van der Waals surface area contributed by atoms with E-state index < -0.39 is 5.97 Å². The Morgan fingerprint density at radius 1 is 1.09 bits per heavy atom. The molecule has 0 unspecified atom stereocenters. The average Bonchev–Trinajstić information content (AvgIpc) is 2.55. The Hall–Kier alpha value is -2.24. The minimum Gasteiger partial charge on any atom is -0.465 e. The van der Waals surface area contributed by atoms with Gasteiger partial charge in [-0.1, -0.05) is 35.3 Å². The van der Waals surface area contributed by atoms with Crippen molar-refractivity contribution in [1.29, 1.82) is 0 Å². The first kappa shape index (κ1) is 17.1. The van der Waals surface area contributed by atoms with Gasteiger partial charge in [0, 0.05) is 10.7 Å². The molecule has 0 aliphatic rings. The lowest BCUT2D eigenvalue weighted by molar-refractivity contribution is -0.114. The number of anilines is 2. The van der Waals surface area contributed by atoms with Crippen molar-refractivity contribution in [1.82, 2.24) is 0 Å². The molecule has 2 aromatic rings. The number of methoxy groups -OCH3 is 1. The normalized spacial score (nSPS) is 10.0. The van der Waals surface area contributed by atoms with E-state index in [0.29, 0.717) is 27.0 Å². The number of benzene rings is 2. The van der Waals surface area contributed by atoms with Crippen molar-refractivity contribution < 1.29 is 14.3 Å². The third-order valence-electron chi connectivity index (χ3n) is 2.98. The fourth-order valence-corrected chi connectivity index (χ4v) is 2.34. The van der Waals surface area contributed by atoms with Crippen LogP contribution in [-0.2, 0) is 9.53 Å². The van der Waals surface area contributed by atoms with Gasteiger partial charge in [-0.2, -0.15) is 0 Å². The van der Waals surface area contributed by atoms with Crippen LogP contribution in [0.15, 0.2) is 42.5 Å². The van der Waals surface area contributed by atoms with Crippen molar-refractivity contribution in [3.05, 3.63) is 58.1 Å². The maximum absolute atomic E-state index is 12.0. The number of rotatable bonds is 5. The number of amides is 1. The van der Waals surface area contributed by atoms with Gasteiger partial charge in [0.15, 0.2) is 0 Å². The second kappa shape index (κ2) is 7.85. The molecule has 1 amide bonds. The third kappa shape index (κ3) is 4.61. The molecule has 23 heavy (non-hydrogen) atoms. The Morgan fingerprint density at radius 2 is 1.83 bits per heavy atom. The van der Waals surface area contributed by atoms with Crippen LogP contribution in [0, 0.1) is 0 Å². The highest BCUT2D eigenvalue weighted by Gasteiger charge is 2.12. The van der Waals surface area contributed by atoms with Crippen molar-refractivity contribution in [2.45, 2.75) is 0 Å². The molecule has 120 valence electrons. The molecule has 0 aliphatic heterocycles.